The molecule has 1 aliphatic rings. The number of carbonyl (C=O) groups is 1. The first-order valence-corrected chi connectivity index (χ1v) is 6.67. The summed E-state index contributed by atoms with van der Waals surface area (Å²) in [6.07, 6.45) is 0. The minimum absolute atomic E-state index is 0.0411. The van der Waals surface area contributed by atoms with Gasteiger partial charge in [-0.2, -0.15) is 0 Å². The number of carbonyl (C=O) groups excluding carboxylic acids is 1. The maximum atomic E-state index is 12.7. The zero-order chi connectivity index (χ0) is 14.3. The Labute approximate surface area is 117 Å². The number of hydrogen-bond acceptors (Lipinski definition) is 3. The fourth-order valence-electron chi connectivity index (χ4n) is 2.60. The molecule has 1 aromatic heterocycles. The van der Waals surface area contributed by atoms with Gasteiger partial charge in [-0.05, 0) is 19.4 Å². The van der Waals surface area contributed by atoms with Gasteiger partial charge in [-0.1, -0.05) is 29.8 Å². The van der Waals surface area contributed by atoms with Gasteiger partial charge in [0.15, 0.2) is 5.78 Å². The Morgan fingerprint density at radius 2 is 1.90 bits per heavy atom. The van der Waals surface area contributed by atoms with Crippen molar-refractivity contribution >= 4 is 11.6 Å². The highest BCUT2D eigenvalue weighted by atomic mass is 16.1. The standard InChI is InChI=1S/C16H16N2O2/c1-10-3-5-12(6-4-10)15(20)14-11(2)9-13(19)18-8-7-17-16(14)18/h3-6,9,17H,7-8H2,1-2H3. The first-order chi connectivity index (χ1) is 9.58. The molecule has 0 spiro atoms. The van der Waals surface area contributed by atoms with E-state index in [1.165, 1.54) is 6.07 Å². The number of aryl methyl sites for hydroxylation is 2. The van der Waals surface area contributed by atoms with Gasteiger partial charge in [0, 0.05) is 24.7 Å². The summed E-state index contributed by atoms with van der Waals surface area (Å²) in [6, 6.07) is 9.04. The number of pyridine rings is 1. The maximum Gasteiger partial charge on any atom is 0.252 e. The number of fused-ring (bicyclic) bond motifs is 1. The topological polar surface area (TPSA) is 51.1 Å². The highest BCUT2D eigenvalue weighted by Crippen LogP contribution is 2.24. The van der Waals surface area contributed by atoms with Gasteiger partial charge in [-0.25, -0.2) is 0 Å². The van der Waals surface area contributed by atoms with Crippen molar-refractivity contribution in [2.75, 3.05) is 11.9 Å². The summed E-state index contributed by atoms with van der Waals surface area (Å²) < 4.78 is 1.63. The second-order valence-corrected chi connectivity index (χ2v) is 5.16. The van der Waals surface area contributed by atoms with Crippen LogP contribution in [0.1, 0.15) is 27.0 Å². The predicted octanol–water partition coefficient (Wildman–Crippen LogP) is 2.12. The Morgan fingerprint density at radius 3 is 2.60 bits per heavy atom. The van der Waals surface area contributed by atoms with E-state index in [1.807, 2.05) is 38.1 Å². The lowest BCUT2D eigenvalue weighted by molar-refractivity contribution is 0.103. The number of benzene rings is 1. The van der Waals surface area contributed by atoms with E-state index in [0.717, 1.165) is 11.1 Å². The van der Waals surface area contributed by atoms with Gasteiger partial charge in [0.1, 0.15) is 5.82 Å². The highest BCUT2D eigenvalue weighted by Gasteiger charge is 2.23. The van der Waals surface area contributed by atoms with Crippen LogP contribution in [-0.2, 0) is 6.54 Å². The molecule has 4 nitrogen and oxygen atoms in total. The molecule has 1 N–H and O–H groups in total. The molecule has 0 atom stereocenters. The second kappa shape index (κ2) is 4.63. The third kappa shape index (κ3) is 1.93. The predicted molar refractivity (Wildman–Crippen MR) is 78.5 cm³/mol. The van der Waals surface area contributed by atoms with E-state index in [0.29, 0.717) is 30.0 Å². The molecular formula is C16H16N2O2. The number of nitrogens with one attached hydrogen (secondary N) is 1. The van der Waals surface area contributed by atoms with Crippen LogP contribution in [0.25, 0.3) is 0 Å². The minimum atomic E-state index is -0.0528. The SMILES string of the molecule is Cc1ccc(C(=O)c2c(C)cc(=O)n3c2NCC3)cc1. The molecule has 20 heavy (non-hydrogen) atoms. The van der Waals surface area contributed by atoms with Crippen LogP contribution < -0.4 is 10.9 Å². The first-order valence-electron chi connectivity index (χ1n) is 6.67. The van der Waals surface area contributed by atoms with Crippen LogP contribution in [0.4, 0.5) is 5.82 Å². The Morgan fingerprint density at radius 1 is 1.20 bits per heavy atom. The summed E-state index contributed by atoms with van der Waals surface area (Å²) in [5, 5.41) is 3.15. The average molecular weight is 268 g/mol. The summed E-state index contributed by atoms with van der Waals surface area (Å²) in [5.41, 5.74) is 3.04. The van der Waals surface area contributed by atoms with Gasteiger partial charge < -0.3 is 5.32 Å². The van der Waals surface area contributed by atoms with Crippen LogP contribution in [-0.4, -0.2) is 16.9 Å². The smallest absolute Gasteiger partial charge is 0.252 e. The Bertz CT molecular complexity index is 742. The summed E-state index contributed by atoms with van der Waals surface area (Å²) in [4.78, 5) is 24.6. The quantitative estimate of drug-likeness (QED) is 0.849. The van der Waals surface area contributed by atoms with E-state index in [4.69, 9.17) is 0 Å². The van der Waals surface area contributed by atoms with E-state index in [2.05, 4.69) is 5.32 Å². The zero-order valence-corrected chi connectivity index (χ0v) is 11.6. The molecule has 1 aliphatic heterocycles. The van der Waals surface area contributed by atoms with Gasteiger partial charge in [-0.3, -0.25) is 14.2 Å². The molecule has 0 aliphatic carbocycles. The molecule has 0 saturated heterocycles. The molecule has 0 bridgehead atoms. The largest absolute Gasteiger partial charge is 0.369 e. The van der Waals surface area contributed by atoms with Gasteiger partial charge >= 0.3 is 0 Å². The van der Waals surface area contributed by atoms with Crippen molar-refractivity contribution in [3.05, 3.63) is 62.9 Å². The zero-order valence-electron chi connectivity index (χ0n) is 11.6. The van der Waals surface area contributed by atoms with E-state index in [9.17, 15) is 9.59 Å². The average Bonchev–Trinajstić information content (AvgIpc) is 2.88. The van der Waals surface area contributed by atoms with Crippen LogP contribution in [0.15, 0.2) is 35.1 Å². The molecule has 2 aromatic rings. The lowest BCUT2D eigenvalue weighted by Crippen LogP contribution is -2.21. The summed E-state index contributed by atoms with van der Waals surface area (Å²) in [6.45, 7) is 5.10. The number of hydrogen-bond donors (Lipinski definition) is 1. The molecule has 0 radical (unpaired) electrons. The van der Waals surface area contributed by atoms with Crippen molar-refractivity contribution in [2.45, 2.75) is 20.4 Å². The van der Waals surface area contributed by atoms with E-state index in [1.54, 1.807) is 4.57 Å². The Balaban J connectivity index is 2.15. The van der Waals surface area contributed by atoms with Crippen LogP contribution in [0.2, 0.25) is 0 Å². The van der Waals surface area contributed by atoms with Crippen molar-refractivity contribution in [3.63, 3.8) is 0 Å². The summed E-state index contributed by atoms with van der Waals surface area (Å²) in [5.74, 6) is 0.612. The lowest BCUT2D eigenvalue weighted by Gasteiger charge is -2.12. The number of rotatable bonds is 2. The summed E-state index contributed by atoms with van der Waals surface area (Å²) in [7, 11) is 0. The lowest BCUT2D eigenvalue weighted by atomic mass is 9.99. The third-order valence-corrected chi connectivity index (χ3v) is 3.68. The Hall–Kier alpha value is -2.36. The van der Waals surface area contributed by atoms with Crippen LogP contribution in [0.5, 0.6) is 0 Å². The van der Waals surface area contributed by atoms with Gasteiger partial charge in [-0.15, -0.1) is 0 Å². The monoisotopic (exact) mass is 268 g/mol. The molecule has 2 heterocycles. The molecule has 3 rings (SSSR count). The van der Waals surface area contributed by atoms with Crippen molar-refractivity contribution in [3.8, 4) is 0 Å². The molecule has 102 valence electrons. The molecule has 0 fully saturated rings. The van der Waals surface area contributed by atoms with E-state index < -0.39 is 0 Å². The molecule has 0 amide bonds. The van der Waals surface area contributed by atoms with Gasteiger partial charge in [0.05, 0.1) is 5.56 Å². The molecule has 0 unspecified atom stereocenters. The highest BCUT2D eigenvalue weighted by molar-refractivity contribution is 6.13. The minimum Gasteiger partial charge on any atom is -0.369 e. The molecular weight excluding hydrogens is 252 g/mol. The van der Waals surface area contributed by atoms with Crippen LogP contribution >= 0.6 is 0 Å². The number of ketones is 1. The van der Waals surface area contributed by atoms with E-state index >= 15 is 0 Å². The van der Waals surface area contributed by atoms with Crippen molar-refractivity contribution in [2.24, 2.45) is 0 Å². The number of aromatic nitrogens is 1. The molecule has 0 saturated carbocycles. The van der Waals surface area contributed by atoms with Crippen molar-refractivity contribution in [1.29, 1.82) is 0 Å². The summed E-state index contributed by atoms with van der Waals surface area (Å²) >= 11 is 0. The van der Waals surface area contributed by atoms with Crippen LogP contribution in [0, 0.1) is 13.8 Å². The van der Waals surface area contributed by atoms with Crippen molar-refractivity contribution in [1.82, 2.24) is 4.57 Å². The third-order valence-electron chi connectivity index (χ3n) is 3.68. The number of anilines is 1. The van der Waals surface area contributed by atoms with Gasteiger partial charge in [0.25, 0.3) is 5.56 Å². The molecule has 4 heteroatoms. The molecule has 1 aromatic carbocycles. The normalized spacial score (nSPS) is 12.9. The number of nitrogens with zero attached hydrogens (tertiary/aromatic N) is 1. The fourth-order valence-corrected chi connectivity index (χ4v) is 2.60. The van der Waals surface area contributed by atoms with Gasteiger partial charge in [0.2, 0.25) is 0 Å². The fraction of sp³-hybridized carbons (Fsp3) is 0.250. The maximum absolute atomic E-state index is 12.7. The second-order valence-electron chi connectivity index (χ2n) is 5.16. The Kier molecular flexibility index (Phi) is 2.93. The first kappa shape index (κ1) is 12.7. The van der Waals surface area contributed by atoms with Crippen LogP contribution in [0.3, 0.4) is 0 Å². The van der Waals surface area contributed by atoms with Crippen molar-refractivity contribution < 1.29 is 4.79 Å². The van der Waals surface area contributed by atoms with E-state index in [-0.39, 0.29) is 11.3 Å².